The van der Waals surface area contributed by atoms with Gasteiger partial charge in [-0.15, -0.1) is 0 Å². The highest BCUT2D eigenvalue weighted by molar-refractivity contribution is 7.82. The summed E-state index contributed by atoms with van der Waals surface area (Å²) in [5.41, 5.74) is -0.116. The first-order chi connectivity index (χ1) is 9.46. The third-order valence-corrected chi connectivity index (χ3v) is 5.11. The standard InChI is InChI=1S/C15H28N4S2/c1-13(2)9-15(10-14(3,4)17-13)11(20)19(12(21)16-15)8-7-18(5)6/h17H,7-10H2,1-6H3,(H,16,21). The van der Waals surface area contributed by atoms with E-state index in [4.69, 9.17) is 24.4 Å². The highest BCUT2D eigenvalue weighted by atomic mass is 32.1. The summed E-state index contributed by atoms with van der Waals surface area (Å²) in [5, 5.41) is 8.06. The van der Waals surface area contributed by atoms with Gasteiger partial charge >= 0.3 is 0 Å². The maximum atomic E-state index is 5.84. The molecule has 2 fully saturated rings. The topological polar surface area (TPSA) is 30.5 Å². The Kier molecular flexibility index (Phi) is 4.39. The van der Waals surface area contributed by atoms with Crippen LogP contribution in [0.25, 0.3) is 0 Å². The SMILES string of the molecule is CN(C)CCN1C(=S)NC2(CC(C)(C)NC(C)(C)C2)C1=S. The molecule has 0 radical (unpaired) electrons. The molecule has 6 heteroatoms. The van der Waals surface area contributed by atoms with Gasteiger partial charge in [0.15, 0.2) is 5.11 Å². The molecule has 2 rings (SSSR count). The third kappa shape index (κ3) is 3.55. The van der Waals surface area contributed by atoms with E-state index >= 15 is 0 Å². The largest absolute Gasteiger partial charge is 0.350 e. The quantitative estimate of drug-likeness (QED) is 0.768. The Morgan fingerprint density at radius 2 is 1.62 bits per heavy atom. The molecule has 0 aromatic carbocycles. The van der Waals surface area contributed by atoms with Crippen molar-refractivity contribution in [1.29, 1.82) is 0 Å². The minimum atomic E-state index is -0.184. The van der Waals surface area contributed by atoms with Crippen LogP contribution in [-0.2, 0) is 0 Å². The van der Waals surface area contributed by atoms with Gasteiger partial charge in [-0.1, -0.05) is 12.2 Å². The zero-order valence-corrected chi connectivity index (χ0v) is 15.7. The van der Waals surface area contributed by atoms with Gasteiger partial charge in [-0.3, -0.25) is 0 Å². The molecule has 2 heterocycles. The summed E-state index contributed by atoms with van der Waals surface area (Å²) in [7, 11) is 4.14. The predicted molar refractivity (Wildman–Crippen MR) is 96.9 cm³/mol. The van der Waals surface area contributed by atoms with Crippen molar-refractivity contribution in [3.05, 3.63) is 0 Å². The minimum absolute atomic E-state index is 0.0337. The second-order valence-corrected chi connectivity index (χ2v) is 8.79. The van der Waals surface area contributed by atoms with Gasteiger partial charge in [-0.05, 0) is 66.8 Å². The molecule has 2 aliphatic heterocycles. The van der Waals surface area contributed by atoms with Gasteiger partial charge in [-0.25, -0.2) is 0 Å². The van der Waals surface area contributed by atoms with Gasteiger partial charge in [0.25, 0.3) is 0 Å². The van der Waals surface area contributed by atoms with E-state index in [0.717, 1.165) is 36.0 Å². The zero-order chi connectivity index (χ0) is 16.1. The third-order valence-electron chi connectivity index (χ3n) is 4.18. The van der Waals surface area contributed by atoms with Crippen LogP contribution in [0.1, 0.15) is 40.5 Å². The second kappa shape index (κ2) is 5.41. The molecule has 0 saturated carbocycles. The first-order valence-corrected chi connectivity index (χ1v) is 8.36. The molecule has 0 aliphatic carbocycles. The summed E-state index contributed by atoms with van der Waals surface area (Å²) in [6.45, 7) is 10.8. The van der Waals surface area contributed by atoms with Gasteiger partial charge in [0, 0.05) is 24.2 Å². The molecule has 0 atom stereocenters. The lowest BCUT2D eigenvalue weighted by Gasteiger charge is -2.51. The number of nitrogens with one attached hydrogen (secondary N) is 2. The maximum Gasteiger partial charge on any atom is 0.174 e. The Morgan fingerprint density at radius 1 is 1.10 bits per heavy atom. The molecule has 0 unspecified atom stereocenters. The van der Waals surface area contributed by atoms with E-state index in [-0.39, 0.29) is 16.6 Å². The first-order valence-electron chi connectivity index (χ1n) is 7.55. The van der Waals surface area contributed by atoms with E-state index in [0.29, 0.717) is 0 Å². The van der Waals surface area contributed by atoms with Crippen molar-refractivity contribution in [3.8, 4) is 0 Å². The van der Waals surface area contributed by atoms with Gasteiger partial charge in [0.05, 0.1) is 5.54 Å². The van der Waals surface area contributed by atoms with Crippen molar-refractivity contribution in [1.82, 2.24) is 20.4 Å². The van der Waals surface area contributed by atoms with Gasteiger partial charge in [0.2, 0.25) is 0 Å². The number of rotatable bonds is 3. The molecule has 0 aromatic rings. The Labute approximate surface area is 139 Å². The van der Waals surface area contributed by atoms with Crippen LogP contribution in [0, 0.1) is 0 Å². The number of piperidine rings is 1. The Bertz CT molecular complexity index is 441. The van der Waals surface area contributed by atoms with Crippen LogP contribution >= 0.6 is 24.4 Å². The molecule has 1 spiro atoms. The van der Waals surface area contributed by atoms with Crippen LogP contribution in [0.4, 0.5) is 0 Å². The van der Waals surface area contributed by atoms with Crippen molar-refractivity contribution in [2.75, 3.05) is 27.2 Å². The van der Waals surface area contributed by atoms with Crippen LogP contribution in [0.5, 0.6) is 0 Å². The summed E-state index contributed by atoms with van der Waals surface area (Å²) < 4.78 is 0. The number of hydrogen-bond donors (Lipinski definition) is 2. The van der Waals surface area contributed by atoms with E-state index in [1.807, 2.05) is 0 Å². The molecule has 21 heavy (non-hydrogen) atoms. The highest BCUT2D eigenvalue weighted by Crippen LogP contribution is 2.40. The Morgan fingerprint density at radius 3 is 2.10 bits per heavy atom. The van der Waals surface area contributed by atoms with E-state index in [1.54, 1.807) is 0 Å². The van der Waals surface area contributed by atoms with Gasteiger partial charge in [0.1, 0.15) is 4.99 Å². The van der Waals surface area contributed by atoms with E-state index < -0.39 is 0 Å². The second-order valence-electron chi connectivity index (χ2n) is 8.02. The smallest absolute Gasteiger partial charge is 0.174 e. The summed E-state index contributed by atoms with van der Waals surface area (Å²) in [4.78, 5) is 5.24. The highest BCUT2D eigenvalue weighted by Gasteiger charge is 2.54. The van der Waals surface area contributed by atoms with Gasteiger partial charge < -0.3 is 20.4 Å². The molecule has 120 valence electrons. The fourth-order valence-electron chi connectivity index (χ4n) is 3.99. The lowest BCUT2D eigenvalue weighted by Crippen LogP contribution is -2.68. The Balaban J connectivity index is 2.23. The zero-order valence-electron chi connectivity index (χ0n) is 14.0. The van der Waals surface area contributed by atoms with Crippen molar-refractivity contribution in [2.24, 2.45) is 0 Å². The molecule has 2 N–H and O–H groups in total. The molecule has 4 nitrogen and oxygen atoms in total. The van der Waals surface area contributed by atoms with Crippen LogP contribution in [0.3, 0.4) is 0 Å². The number of likely N-dealkylation sites (N-methyl/N-ethyl adjacent to an activating group) is 1. The molecule has 0 aromatic heterocycles. The molecule has 0 amide bonds. The number of thiocarbonyl (C=S) groups is 2. The summed E-state index contributed by atoms with van der Waals surface area (Å²) in [5.74, 6) is 0. The van der Waals surface area contributed by atoms with E-state index in [1.165, 1.54) is 0 Å². The minimum Gasteiger partial charge on any atom is -0.350 e. The molecular formula is C15H28N4S2. The van der Waals surface area contributed by atoms with Crippen molar-refractivity contribution in [3.63, 3.8) is 0 Å². The molecule has 0 bridgehead atoms. The Hall–Kier alpha value is -0.300. The summed E-state index contributed by atoms with van der Waals surface area (Å²) in [6, 6.07) is 0. The van der Waals surface area contributed by atoms with Crippen molar-refractivity contribution >= 4 is 34.5 Å². The molecular weight excluding hydrogens is 300 g/mol. The maximum absolute atomic E-state index is 5.84. The van der Waals surface area contributed by atoms with Gasteiger partial charge in [-0.2, -0.15) is 0 Å². The molecule has 2 saturated heterocycles. The van der Waals surface area contributed by atoms with Crippen molar-refractivity contribution < 1.29 is 0 Å². The number of hydrogen-bond acceptors (Lipinski definition) is 4. The van der Waals surface area contributed by atoms with Crippen LogP contribution < -0.4 is 10.6 Å². The average Bonchev–Trinajstić information content (AvgIpc) is 2.43. The normalized spacial score (nSPS) is 26.5. The van der Waals surface area contributed by atoms with E-state index in [9.17, 15) is 0 Å². The fourth-order valence-corrected chi connectivity index (χ4v) is 4.81. The fraction of sp³-hybridized carbons (Fsp3) is 0.867. The van der Waals surface area contributed by atoms with E-state index in [2.05, 4.69) is 62.2 Å². The molecule has 2 aliphatic rings. The van der Waals surface area contributed by atoms with Crippen LogP contribution in [0.15, 0.2) is 0 Å². The number of nitrogens with zero attached hydrogens (tertiary/aromatic N) is 2. The summed E-state index contributed by atoms with van der Waals surface area (Å²) in [6.07, 6.45) is 1.92. The van der Waals surface area contributed by atoms with Crippen molar-refractivity contribution in [2.45, 2.75) is 57.2 Å². The predicted octanol–water partition coefficient (Wildman–Crippen LogP) is 1.74. The summed E-state index contributed by atoms with van der Waals surface area (Å²) >= 11 is 11.4. The lowest BCUT2D eigenvalue weighted by molar-refractivity contribution is 0.132. The van der Waals surface area contributed by atoms with Crippen LogP contribution in [-0.4, -0.2) is 63.7 Å². The van der Waals surface area contributed by atoms with Crippen LogP contribution in [0.2, 0.25) is 0 Å². The average molecular weight is 329 g/mol. The monoisotopic (exact) mass is 328 g/mol. The first kappa shape index (κ1) is 17.1. The lowest BCUT2D eigenvalue weighted by atomic mass is 9.71.